The van der Waals surface area contributed by atoms with Crippen LogP contribution in [0, 0.1) is 0 Å². The van der Waals surface area contributed by atoms with E-state index in [1.165, 1.54) is 11.1 Å². The van der Waals surface area contributed by atoms with Crippen molar-refractivity contribution in [3.8, 4) is 0 Å². The zero-order valence-electron chi connectivity index (χ0n) is 15.4. The summed E-state index contributed by atoms with van der Waals surface area (Å²) in [7, 11) is 1.87. The number of benzene rings is 1. The van der Waals surface area contributed by atoms with Crippen molar-refractivity contribution in [1.29, 1.82) is 0 Å². The minimum Gasteiger partial charge on any atom is -0.375 e. The van der Waals surface area contributed by atoms with Crippen molar-refractivity contribution in [2.75, 3.05) is 33.3 Å². The van der Waals surface area contributed by atoms with Gasteiger partial charge in [-0.3, -0.25) is 14.7 Å². The lowest BCUT2D eigenvalue weighted by Crippen LogP contribution is -2.44. The normalized spacial score (nSPS) is 17.8. The second kappa shape index (κ2) is 9.46. The quantitative estimate of drug-likeness (QED) is 0.767. The highest BCUT2D eigenvalue weighted by Gasteiger charge is 2.24. The Labute approximate surface area is 155 Å². The van der Waals surface area contributed by atoms with E-state index in [2.05, 4.69) is 34.1 Å². The Morgan fingerprint density at radius 2 is 1.96 bits per heavy atom. The van der Waals surface area contributed by atoms with Gasteiger partial charge < -0.3 is 9.64 Å². The van der Waals surface area contributed by atoms with Gasteiger partial charge in [0.05, 0.1) is 19.1 Å². The van der Waals surface area contributed by atoms with Gasteiger partial charge in [-0.05, 0) is 29.7 Å². The second-order valence-electron chi connectivity index (χ2n) is 6.84. The molecule has 2 heterocycles. The van der Waals surface area contributed by atoms with Crippen LogP contribution < -0.4 is 0 Å². The van der Waals surface area contributed by atoms with E-state index in [1.54, 1.807) is 17.3 Å². The summed E-state index contributed by atoms with van der Waals surface area (Å²) in [6, 6.07) is 14.4. The van der Waals surface area contributed by atoms with Crippen molar-refractivity contribution in [3.63, 3.8) is 0 Å². The van der Waals surface area contributed by atoms with E-state index in [4.69, 9.17) is 4.74 Å². The molecule has 1 atom stereocenters. The molecule has 5 nitrogen and oxygen atoms in total. The standard InChI is InChI=1S/C21H27N3O2/c1-23(12-9-18-7-10-22-11-8-18)21(25)15-20-17-24(13-14-26-20)16-19-5-3-2-4-6-19/h2-8,10-11,20H,9,12-17H2,1H3/t20-/m0/s1. The second-order valence-corrected chi connectivity index (χ2v) is 6.84. The molecule has 0 N–H and O–H groups in total. The van der Waals surface area contributed by atoms with Crippen LogP contribution in [0.1, 0.15) is 17.5 Å². The van der Waals surface area contributed by atoms with E-state index >= 15 is 0 Å². The molecule has 0 unspecified atom stereocenters. The molecule has 1 amide bonds. The first-order chi connectivity index (χ1) is 12.7. The molecular weight excluding hydrogens is 326 g/mol. The van der Waals surface area contributed by atoms with Crippen LogP contribution in [0.5, 0.6) is 0 Å². The van der Waals surface area contributed by atoms with Crippen LogP contribution in [0.3, 0.4) is 0 Å². The number of rotatable bonds is 7. The SMILES string of the molecule is CN(CCc1ccncc1)C(=O)C[C@H]1CN(Cc2ccccc2)CCO1. The van der Waals surface area contributed by atoms with Crippen LogP contribution in [-0.2, 0) is 22.5 Å². The van der Waals surface area contributed by atoms with Crippen molar-refractivity contribution in [1.82, 2.24) is 14.8 Å². The van der Waals surface area contributed by atoms with Crippen molar-refractivity contribution >= 4 is 5.91 Å². The molecule has 0 radical (unpaired) electrons. The fourth-order valence-corrected chi connectivity index (χ4v) is 3.21. The fraction of sp³-hybridized carbons (Fsp3) is 0.429. The van der Waals surface area contributed by atoms with Crippen LogP contribution in [0.15, 0.2) is 54.9 Å². The monoisotopic (exact) mass is 353 g/mol. The Morgan fingerprint density at radius 1 is 1.19 bits per heavy atom. The lowest BCUT2D eigenvalue weighted by molar-refractivity contribution is -0.135. The van der Waals surface area contributed by atoms with E-state index in [1.807, 2.05) is 25.2 Å². The number of morpholine rings is 1. The van der Waals surface area contributed by atoms with Gasteiger partial charge in [-0.1, -0.05) is 30.3 Å². The van der Waals surface area contributed by atoms with Gasteiger partial charge in [0.15, 0.2) is 0 Å². The molecule has 0 bridgehead atoms. The molecule has 26 heavy (non-hydrogen) atoms. The number of amides is 1. The minimum absolute atomic E-state index is 0.0247. The first kappa shape index (κ1) is 18.5. The third-order valence-corrected chi connectivity index (χ3v) is 4.79. The number of carbonyl (C=O) groups excluding carboxylic acids is 1. The van der Waals surface area contributed by atoms with E-state index in [0.29, 0.717) is 19.6 Å². The molecule has 1 aliphatic heterocycles. The Balaban J connectivity index is 1.44. The molecule has 1 aromatic heterocycles. The predicted octanol–water partition coefficient (Wildman–Crippen LogP) is 2.37. The maximum atomic E-state index is 12.5. The fourth-order valence-electron chi connectivity index (χ4n) is 3.21. The lowest BCUT2D eigenvalue weighted by atomic mass is 10.1. The van der Waals surface area contributed by atoms with Gasteiger partial charge in [-0.25, -0.2) is 0 Å². The molecule has 5 heteroatoms. The third kappa shape index (κ3) is 5.64. The molecule has 1 saturated heterocycles. The van der Waals surface area contributed by atoms with Crippen molar-refractivity contribution in [2.24, 2.45) is 0 Å². The first-order valence-corrected chi connectivity index (χ1v) is 9.21. The highest BCUT2D eigenvalue weighted by Crippen LogP contribution is 2.13. The van der Waals surface area contributed by atoms with Crippen molar-refractivity contribution < 1.29 is 9.53 Å². The summed E-state index contributed by atoms with van der Waals surface area (Å²) >= 11 is 0. The van der Waals surface area contributed by atoms with Crippen molar-refractivity contribution in [2.45, 2.75) is 25.5 Å². The van der Waals surface area contributed by atoms with E-state index in [-0.39, 0.29) is 12.0 Å². The first-order valence-electron chi connectivity index (χ1n) is 9.21. The molecule has 0 saturated carbocycles. The number of hydrogen-bond acceptors (Lipinski definition) is 4. The van der Waals surface area contributed by atoms with Gasteiger partial charge in [0, 0.05) is 45.6 Å². The van der Waals surface area contributed by atoms with Crippen LogP contribution in [0.4, 0.5) is 0 Å². The Bertz CT molecular complexity index is 678. The highest BCUT2D eigenvalue weighted by molar-refractivity contribution is 5.76. The van der Waals surface area contributed by atoms with Gasteiger partial charge in [0.25, 0.3) is 0 Å². The molecule has 0 aliphatic carbocycles. The summed E-state index contributed by atoms with van der Waals surface area (Å²) in [4.78, 5) is 20.7. The average molecular weight is 353 g/mol. The van der Waals surface area contributed by atoms with Gasteiger partial charge in [-0.15, -0.1) is 0 Å². The van der Waals surface area contributed by atoms with Crippen LogP contribution in [-0.4, -0.2) is 60.1 Å². The van der Waals surface area contributed by atoms with Crippen LogP contribution >= 0.6 is 0 Å². The smallest absolute Gasteiger partial charge is 0.224 e. The Morgan fingerprint density at radius 3 is 2.73 bits per heavy atom. The predicted molar refractivity (Wildman–Crippen MR) is 102 cm³/mol. The maximum Gasteiger partial charge on any atom is 0.224 e. The molecule has 1 fully saturated rings. The molecule has 3 rings (SSSR count). The Hall–Kier alpha value is -2.24. The summed E-state index contributed by atoms with van der Waals surface area (Å²) in [5, 5.41) is 0. The largest absolute Gasteiger partial charge is 0.375 e. The zero-order chi connectivity index (χ0) is 18.2. The maximum absolute atomic E-state index is 12.5. The van der Waals surface area contributed by atoms with E-state index < -0.39 is 0 Å². The number of hydrogen-bond donors (Lipinski definition) is 0. The van der Waals surface area contributed by atoms with Gasteiger partial charge >= 0.3 is 0 Å². The average Bonchev–Trinajstić information content (AvgIpc) is 2.68. The molecule has 2 aromatic rings. The zero-order valence-corrected chi connectivity index (χ0v) is 15.4. The summed E-state index contributed by atoms with van der Waals surface area (Å²) in [6.45, 7) is 4.03. The number of ether oxygens (including phenoxy) is 1. The summed E-state index contributed by atoms with van der Waals surface area (Å²) < 4.78 is 5.83. The molecule has 1 aromatic carbocycles. The molecule has 1 aliphatic rings. The van der Waals surface area contributed by atoms with E-state index in [0.717, 1.165) is 26.1 Å². The van der Waals surface area contributed by atoms with Crippen molar-refractivity contribution in [3.05, 3.63) is 66.0 Å². The number of carbonyl (C=O) groups is 1. The van der Waals surface area contributed by atoms with Crippen LogP contribution in [0.25, 0.3) is 0 Å². The molecule has 138 valence electrons. The summed E-state index contributed by atoms with van der Waals surface area (Å²) in [5.74, 6) is 0.144. The van der Waals surface area contributed by atoms with E-state index in [9.17, 15) is 4.79 Å². The van der Waals surface area contributed by atoms with Gasteiger partial charge in [-0.2, -0.15) is 0 Å². The Kier molecular flexibility index (Phi) is 6.75. The van der Waals surface area contributed by atoms with Crippen LogP contribution in [0.2, 0.25) is 0 Å². The number of aromatic nitrogens is 1. The topological polar surface area (TPSA) is 45.7 Å². The molecule has 0 spiro atoms. The lowest BCUT2D eigenvalue weighted by Gasteiger charge is -2.33. The number of likely N-dealkylation sites (N-methyl/N-ethyl adjacent to an activating group) is 1. The van der Waals surface area contributed by atoms with Gasteiger partial charge in [0.2, 0.25) is 5.91 Å². The highest BCUT2D eigenvalue weighted by atomic mass is 16.5. The number of nitrogens with zero attached hydrogens (tertiary/aromatic N) is 3. The third-order valence-electron chi connectivity index (χ3n) is 4.79. The van der Waals surface area contributed by atoms with Gasteiger partial charge in [0.1, 0.15) is 0 Å². The summed E-state index contributed by atoms with van der Waals surface area (Å²) in [6.07, 6.45) is 4.83. The molecular formula is C21H27N3O2. The number of pyridine rings is 1. The summed E-state index contributed by atoms with van der Waals surface area (Å²) in [5.41, 5.74) is 2.50. The minimum atomic E-state index is -0.0247.